The van der Waals surface area contributed by atoms with Crippen LogP contribution in [0.2, 0.25) is 0 Å². The van der Waals surface area contributed by atoms with E-state index in [2.05, 4.69) is 26.4 Å². The van der Waals surface area contributed by atoms with E-state index in [9.17, 15) is 4.79 Å². The number of amides is 1. The number of ether oxygens (including phenoxy) is 1. The molecule has 0 aliphatic heterocycles. The number of fused-ring (bicyclic) bond motifs is 1. The third kappa shape index (κ3) is 3.44. The summed E-state index contributed by atoms with van der Waals surface area (Å²) in [6.07, 6.45) is 4.15. The molecule has 2 aromatic heterocycles. The van der Waals surface area contributed by atoms with E-state index in [4.69, 9.17) is 4.74 Å². The molecule has 0 saturated heterocycles. The maximum absolute atomic E-state index is 12.9. The predicted octanol–water partition coefficient (Wildman–Crippen LogP) is 2.88. The molecule has 0 radical (unpaired) electrons. The lowest BCUT2D eigenvalue weighted by Gasteiger charge is -2.31. The van der Waals surface area contributed by atoms with Crippen molar-refractivity contribution in [2.45, 2.75) is 51.5 Å². The van der Waals surface area contributed by atoms with Gasteiger partial charge in [0, 0.05) is 11.4 Å². The van der Waals surface area contributed by atoms with Crippen molar-refractivity contribution < 1.29 is 9.53 Å². The van der Waals surface area contributed by atoms with E-state index in [-0.39, 0.29) is 17.9 Å². The fourth-order valence-electron chi connectivity index (χ4n) is 4.12. The molecule has 0 atom stereocenters. The molecular formula is C21H25N5O2. The molecule has 7 nitrogen and oxygen atoms in total. The van der Waals surface area contributed by atoms with E-state index >= 15 is 0 Å². The van der Waals surface area contributed by atoms with Crippen molar-refractivity contribution in [2.75, 3.05) is 7.11 Å². The van der Waals surface area contributed by atoms with Gasteiger partial charge in [0.15, 0.2) is 5.82 Å². The standard InChI is InChI=1S/C21H25N5O2/c1-14-11-15(2)26-20(22-14)23-18(25-26)13-19(27)24-21(9-4-5-10-21)16-7-6-8-17(12-16)28-3/h6-8,11-12H,4-5,9-10,13H2,1-3H3,(H,24,27). The van der Waals surface area contributed by atoms with Gasteiger partial charge in [-0.15, -0.1) is 5.10 Å². The summed E-state index contributed by atoms with van der Waals surface area (Å²) in [5.74, 6) is 1.74. The minimum Gasteiger partial charge on any atom is -0.497 e. The molecule has 0 spiro atoms. The number of aryl methyl sites for hydroxylation is 2. The predicted molar refractivity (Wildman–Crippen MR) is 105 cm³/mol. The van der Waals surface area contributed by atoms with E-state index in [1.807, 2.05) is 38.1 Å². The Labute approximate surface area is 164 Å². The zero-order chi connectivity index (χ0) is 19.7. The first-order chi connectivity index (χ1) is 13.5. The molecule has 2 heterocycles. The Morgan fingerprint density at radius 2 is 2.00 bits per heavy atom. The molecule has 1 aliphatic rings. The number of methoxy groups -OCH3 is 1. The van der Waals surface area contributed by atoms with E-state index in [1.54, 1.807) is 11.6 Å². The van der Waals surface area contributed by atoms with Crippen molar-refractivity contribution >= 4 is 11.7 Å². The summed E-state index contributed by atoms with van der Waals surface area (Å²) in [6, 6.07) is 9.92. The van der Waals surface area contributed by atoms with Crippen LogP contribution in [0.25, 0.3) is 5.78 Å². The van der Waals surface area contributed by atoms with Crippen LogP contribution < -0.4 is 10.1 Å². The van der Waals surface area contributed by atoms with Gasteiger partial charge in [0.2, 0.25) is 5.91 Å². The quantitative estimate of drug-likeness (QED) is 0.737. The van der Waals surface area contributed by atoms with E-state index in [0.717, 1.165) is 48.4 Å². The van der Waals surface area contributed by atoms with Crippen molar-refractivity contribution in [3.05, 3.63) is 53.1 Å². The van der Waals surface area contributed by atoms with Gasteiger partial charge >= 0.3 is 0 Å². The zero-order valence-corrected chi connectivity index (χ0v) is 16.5. The first kappa shape index (κ1) is 18.4. The highest BCUT2D eigenvalue weighted by Gasteiger charge is 2.37. The first-order valence-corrected chi connectivity index (χ1v) is 9.64. The van der Waals surface area contributed by atoms with Crippen LogP contribution in [0.1, 0.15) is 48.5 Å². The van der Waals surface area contributed by atoms with Crippen molar-refractivity contribution in [1.29, 1.82) is 0 Å². The summed E-state index contributed by atoms with van der Waals surface area (Å²) in [4.78, 5) is 21.7. The number of aromatic nitrogens is 4. The number of benzene rings is 1. The number of nitrogens with one attached hydrogen (secondary N) is 1. The summed E-state index contributed by atoms with van der Waals surface area (Å²) in [5, 5.41) is 7.73. The van der Waals surface area contributed by atoms with Crippen LogP contribution in [0, 0.1) is 13.8 Å². The molecule has 1 fully saturated rings. The highest BCUT2D eigenvalue weighted by atomic mass is 16.5. The largest absolute Gasteiger partial charge is 0.497 e. The van der Waals surface area contributed by atoms with Gasteiger partial charge in [-0.05, 0) is 50.5 Å². The van der Waals surface area contributed by atoms with Crippen LogP contribution in [0.15, 0.2) is 30.3 Å². The fourth-order valence-corrected chi connectivity index (χ4v) is 4.12. The lowest BCUT2D eigenvalue weighted by molar-refractivity contribution is -0.122. The third-order valence-corrected chi connectivity index (χ3v) is 5.44. The van der Waals surface area contributed by atoms with Crippen LogP contribution in [-0.2, 0) is 16.8 Å². The van der Waals surface area contributed by atoms with Crippen molar-refractivity contribution in [3.63, 3.8) is 0 Å². The van der Waals surface area contributed by atoms with Crippen molar-refractivity contribution in [2.24, 2.45) is 0 Å². The Balaban J connectivity index is 1.56. The molecule has 1 aromatic carbocycles. The lowest BCUT2D eigenvalue weighted by Crippen LogP contribution is -2.44. The van der Waals surface area contributed by atoms with Gasteiger partial charge in [0.1, 0.15) is 5.75 Å². The molecule has 4 rings (SSSR count). The van der Waals surface area contributed by atoms with Gasteiger partial charge in [-0.3, -0.25) is 4.79 Å². The van der Waals surface area contributed by atoms with Crippen molar-refractivity contribution in [1.82, 2.24) is 24.9 Å². The average Bonchev–Trinajstić information content (AvgIpc) is 3.29. The van der Waals surface area contributed by atoms with E-state index < -0.39 is 0 Å². The highest BCUT2D eigenvalue weighted by molar-refractivity contribution is 5.79. The van der Waals surface area contributed by atoms with Crippen LogP contribution in [0.5, 0.6) is 5.75 Å². The van der Waals surface area contributed by atoms with Gasteiger partial charge in [-0.25, -0.2) is 9.50 Å². The SMILES string of the molecule is COc1cccc(C2(NC(=O)Cc3nc4nc(C)cc(C)n4n3)CCCC2)c1. The normalized spacial score (nSPS) is 15.7. The molecule has 1 saturated carbocycles. The molecule has 0 bridgehead atoms. The number of hydrogen-bond donors (Lipinski definition) is 1. The molecule has 0 unspecified atom stereocenters. The average molecular weight is 379 g/mol. The van der Waals surface area contributed by atoms with Crippen LogP contribution >= 0.6 is 0 Å². The minimum absolute atomic E-state index is 0.0741. The Morgan fingerprint density at radius 1 is 1.21 bits per heavy atom. The fraction of sp³-hybridized carbons (Fsp3) is 0.429. The summed E-state index contributed by atoms with van der Waals surface area (Å²) in [6.45, 7) is 3.88. The second kappa shape index (κ2) is 7.22. The van der Waals surface area contributed by atoms with Gasteiger partial charge in [0.05, 0.1) is 19.1 Å². The lowest BCUT2D eigenvalue weighted by atomic mass is 9.87. The summed E-state index contributed by atoms with van der Waals surface area (Å²) >= 11 is 0. The van der Waals surface area contributed by atoms with E-state index in [0.29, 0.717) is 11.6 Å². The summed E-state index contributed by atoms with van der Waals surface area (Å²) < 4.78 is 7.06. The number of carbonyl (C=O) groups excluding carboxylic acids is 1. The van der Waals surface area contributed by atoms with Crippen LogP contribution in [-0.4, -0.2) is 32.6 Å². The Bertz CT molecular complexity index is 1020. The summed E-state index contributed by atoms with van der Waals surface area (Å²) in [7, 11) is 1.66. The number of hydrogen-bond acceptors (Lipinski definition) is 5. The van der Waals surface area contributed by atoms with Crippen molar-refractivity contribution in [3.8, 4) is 5.75 Å². The molecule has 7 heteroatoms. The number of carbonyl (C=O) groups is 1. The van der Waals surface area contributed by atoms with Crippen LogP contribution in [0.4, 0.5) is 0 Å². The van der Waals surface area contributed by atoms with Gasteiger partial charge in [0.25, 0.3) is 5.78 Å². The number of rotatable bonds is 5. The van der Waals surface area contributed by atoms with Gasteiger partial charge in [-0.2, -0.15) is 4.98 Å². The Kier molecular flexibility index (Phi) is 4.75. The smallest absolute Gasteiger partial charge is 0.252 e. The number of nitrogens with zero attached hydrogens (tertiary/aromatic N) is 4. The molecule has 28 heavy (non-hydrogen) atoms. The second-order valence-electron chi connectivity index (χ2n) is 7.52. The Hall–Kier alpha value is -2.96. The topological polar surface area (TPSA) is 81.4 Å². The maximum Gasteiger partial charge on any atom is 0.252 e. The molecule has 1 N–H and O–H groups in total. The highest BCUT2D eigenvalue weighted by Crippen LogP contribution is 2.39. The van der Waals surface area contributed by atoms with Gasteiger partial charge in [-0.1, -0.05) is 25.0 Å². The molecule has 1 amide bonds. The molecular weight excluding hydrogens is 354 g/mol. The molecule has 1 aliphatic carbocycles. The molecule has 3 aromatic rings. The van der Waals surface area contributed by atoms with E-state index in [1.165, 1.54) is 0 Å². The second-order valence-corrected chi connectivity index (χ2v) is 7.52. The minimum atomic E-state index is -0.352. The van der Waals surface area contributed by atoms with Crippen LogP contribution in [0.3, 0.4) is 0 Å². The Morgan fingerprint density at radius 3 is 2.75 bits per heavy atom. The zero-order valence-electron chi connectivity index (χ0n) is 16.5. The van der Waals surface area contributed by atoms with Gasteiger partial charge < -0.3 is 10.1 Å². The summed E-state index contributed by atoms with van der Waals surface area (Å²) in [5.41, 5.74) is 2.57. The maximum atomic E-state index is 12.9. The monoisotopic (exact) mass is 379 g/mol. The first-order valence-electron chi connectivity index (χ1n) is 9.64. The molecule has 146 valence electrons. The third-order valence-electron chi connectivity index (χ3n) is 5.44.